The highest BCUT2D eigenvalue weighted by Crippen LogP contribution is 2.11. The Hall–Kier alpha value is -2.24. The van der Waals surface area contributed by atoms with Gasteiger partial charge in [-0.2, -0.15) is 0 Å². The highest BCUT2D eigenvalue weighted by atomic mass is 127. The molecule has 1 amide bonds. The third kappa shape index (κ3) is 8.71. The number of nitrogens with zero attached hydrogens (tertiary/aromatic N) is 2. The van der Waals surface area contributed by atoms with Gasteiger partial charge in [0.05, 0.1) is 13.2 Å². The van der Waals surface area contributed by atoms with Crippen LogP contribution in [0.1, 0.15) is 17.5 Å². The van der Waals surface area contributed by atoms with Crippen LogP contribution in [0.5, 0.6) is 0 Å². The topological polar surface area (TPSA) is 78.0 Å². The van der Waals surface area contributed by atoms with Crippen LogP contribution in [0.3, 0.4) is 0 Å². The van der Waals surface area contributed by atoms with Gasteiger partial charge >= 0.3 is 0 Å². The molecule has 0 atom stereocenters. The SMILES string of the molecule is CN=C(NCc1cccc(NC(=O)CCN2CCOCC2)c1)NCc1ccccc1F.I. The molecule has 3 N–H and O–H groups in total. The molecule has 1 saturated heterocycles. The number of amides is 1. The van der Waals surface area contributed by atoms with Crippen LogP contribution in [-0.2, 0) is 22.6 Å². The quantitative estimate of drug-likeness (QED) is 0.265. The fourth-order valence-electron chi connectivity index (χ4n) is 3.29. The number of hydrogen-bond acceptors (Lipinski definition) is 4. The van der Waals surface area contributed by atoms with Crippen LogP contribution in [0.15, 0.2) is 53.5 Å². The second-order valence-electron chi connectivity index (χ2n) is 7.32. The van der Waals surface area contributed by atoms with Crippen molar-refractivity contribution < 1.29 is 13.9 Å². The summed E-state index contributed by atoms with van der Waals surface area (Å²) in [5.74, 6) is 0.324. The van der Waals surface area contributed by atoms with Crippen molar-refractivity contribution >= 4 is 41.5 Å². The fourth-order valence-corrected chi connectivity index (χ4v) is 3.29. The number of anilines is 1. The van der Waals surface area contributed by atoms with E-state index in [2.05, 4.69) is 25.8 Å². The van der Waals surface area contributed by atoms with Crippen LogP contribution in [0, 0.1) is 5.82 Å². The molecule has 0 bridgehead atoms. The number of carbonyl (C=O) groups is 1. The molecule has 174 valence electrons. The van der Waals surface area contributed by atoms with Crippen molar-refractivity contribution in [1.82, 2.24) is 15.5 Å². The summed E-state index contributed by atoms with van der Waals surface area (Å²) in [7, 11) is 1.67. The Labute approximate surface area is 205 Å². The number of carbonyl (C=O) groups excluding carboxylic acids is 1. The van der Waals surface area contributed by atoms with Crippen LogP contribution in [0.4, 0.5) is 10.1 Å². The summed E-state index contributed by atoms with van der Waals surface area (Å²) in [6, 6.07) is 14.3. The van der Waals surface area contributed by atoms with E-state index in [-0.39, 0.29) is 35.7 Å². The molecule has 0 saturated carbocycles. The summed E-state index contributed by atoms with van der Waals surface area (Å²) >= 11 is 0. The van der Waals surface area contributed by atoms with E-state index in [1.165, 1.54) is 6.07 Å². The molecule has 1 heterocycles. The number of aliphatic imine (C=N–C) groups is 1. The van der Waals surface area contributed by atoms with Gasteiger partial charge in [-0.15, -0.1) is 24.0 Å². The van der Waals surface area contributed by atoms with Gasteiger partial charge in [-0.05, 0) is 23.8 Å². The summed E-state index contributed by atoms with van der Waals surface area (Å²) in [5.41, 5.74) is 2.34. The van der Waals surface area contributed by atoms with Crippen molar-refractivity contribution in [1.29, 1.82) is 0 Å². The zero-order chi connectivity index (χ0) is 21.9. The molecule has 0 radical (unpaired) electrons. The molecule has 32 heavy (non-hydrogen) atoms. The predicted molar refractivity (Wildman–Crippen MR) is 136 cm³/mol. The smallest absolute Gasteiger partial charge is 0.225 e. The first-order valence-electron chi connectivity index (χ1n) is 10.5. The van der Waals surface area contributed by atoms with E-state index in [1.807, 2.05) is 24.3 Å². The number of hydrogen-bond donors (Lipinski definition) is 3. The van der Waals surface area contributed by atoms with Gasteiger partial charge < -0.3 is 20.7 Å². The van der Waals surface area contributed by atoms with Gasteiger partial charge in [0, 0.05) is 57.4 Å². The van der Waals surface area contributed by atoms with E-state index < -0.39 is 0 Å². The third-order valence-electron chi connectivity index (χ3n) is 5.06. The Morgan fingerprint density at radius 1 is 1.09 bits per heavy atom. The fraction of sp³-hybridized carbons (Fsp3) is 0.391. The molecule has 1 aliphatic rings. The van der Waals surface area contributed by atoms with Gasteiger partial charge in [-0.3, -0.25) is 14.7 Å². The maximum Gasteiger partial charge on any atom is 0.225 e. The normalized spacial score (nSPS) is 14.4. The Morgan fingerprint density at radius 3 is 2.59 bits per heavy atom. The first kappa shape index (κ1) is 26.0. The zero-order valence-corrected chi connectivity index (χ0v) is 20.6. The van der Waals surface area contributed by atoms with Crippen LogP contribution in [0.25, 0.3) is 0 Å². The van der Waals surface area contributed by atoms with Gasteiger partial charge in [-0.1, -0.05) is 30.3 Å². The molecule has 2 aromatic carbocycles. The summed E-state index contributed by atoms with van der Waals surface area (Å²) in [6.07, 6.45) is 0.453. The Morgan fingerprint density at radius 2 is 1.84 bits per heavy atom. The number of morpholine rings is 1. The van der Waals surface area contributed by atoms with Crippen molar-refractivity contribution in [2.45, 2.75) is 19.5 Å². The first-order valence-corrected chi connectivity index (χ1v) is 10.5. The number of benzene rings is 2. The van der Waals surface area contributed by atoms with E-state index in [9.17, 15) is 9.18 Å². The summed E-state index contributed by atoms with van der Waals surface area (Å²) in [6.45, 7) is 4.81. The molecule has 9 heteroatoms. The minimum Gasteiger partial charge on any atom is -0.379 e. The van der Waals surface area contributed by atoms with Crippen LogP contribution in [-0.4, -0.2) is 56.7 Å². The van der Waals surface area contributed by atoms with Gasteiger partial charge in [0.25, 0.3) is 0 Å². The minimum absolute atomic E-state index is 0. The number of rotatable bonds is 8. The molecule has 2 aromatic rings. The van der Waals surface area contributed by atoms with E-state index in [1.54, 1.807) is 25.2 Å². The maximum absolute atomic E-state index is 13.8. The third-order valence-corrected chi connectivity index (χ3v) is 5.06. The molecular weight excluding hydrogens is 524 g/mol. The van der Waals surface area contributed by atoms with Crippen molar-refractivity contribution in [3.05, 3.63) is 65.5 Å². The number of guanidine groups is 1. The molecule has 0 spiro atoms. The lowest BCUT2D eigenvalue weighted by molar-refractivity contribution is -0.116. The van der Waals surface area contributed by atoms with Crippen molar-refractivity contribution in [3.63, 3.8) is 0 Å². The molecule has 0 unspecified atom stereocenters. The summed E-state index contributed by atoms with van der Waals surface area (Å²) in [4.78, 5) is 18.7. The van der Waals surface area contributed by atoms with Crippen LogP contribution >= 0.6 is 24.0 Å². The van der Waals surface area contributed by atoms with Gasteiger partial charge in [0.1, 0.15) is 5.82 Å². The zero-order valence-electron chi connectivity index (χ0n) is 18.3. The Kier molecular flexibility index (Phi) is 11.4. The van der Waals surface area contributed by atoms with Crippen LogP contribution < -0.4 is 16.0 Å². The minimum atomic E-state index is -0.248. The molecule has 1 fully saturated rings. The second-order valence-corrected chi connectivity index (χ2v) is 7.32. The van der Waals surface area contributed by atoms with Crippen LogP contribution in [0.2, 0.25) is 0 Å². The lowest BCUT2D eigenvalue weighted by Gasteiger charge is -2.26. The van der Waals surface area contributed by atoms with E-state index in [0.717, 1.165) is 44.1 Å². The van der Waals surface area contributed by atoms with Crippen molar-refractivity contribution in [2.75, 3.05) is 45.2 Å². The monoisotopic (exact) mass is 555 g/mol. The molecule has 7 nitrogen and oxygen atoms in total. The molecule has 3 rings (SSSR count). The molecular formula is C23H31FIN5O2. The lowest BCUT2D eigenvalue weighted by Crippen LogP contribution is -2.38. The summed E-state index contributed by atoms with van der Waals surface area (Å²) in [5, 5.41) is 9.28. The molecule has 0 aromatic heterocycles. The standard InChI is InChI=1S/C23H30FN5O2.HI/c1-25-23(27-17-19-6-2-3-8-21(19)24)26-16-18-5-4-7-20(15-18)28-22(30)9-10-29-11-13-31-14-12-29;/h2-8,15H,9-14,16-17H2,1H3,(H,28,30)(H2,25,26,27);1H. The summed E-state index contributed by atoms with van der Waals surface area (Å²) < 4.78 is 19.1. The lowest BCUT2D eigenvalue weighted by atomic mass is 10.2. The van der Waals surface area contributed by atoms with Gasteiger partial charge in [0.2, 0.25) is 5.91 Å². The highest BCUT2D eigenvalue weighted by molar-refractivity contribution is 14.0. The number of nitrogens with one attached hydrogen (secondary N) is 3. The molecule has 1 aliphatic heterocycles. The van der Waals surface area contributed by atoms with Gasteiger partial charge in [0.15, 0.2) is 5.96 Å². The first-order chi connectivity index (χ1) is 15.1. The Balaban J connectivity index is 0.00000363. The number of ether oxygens (including phenoxy) is 1. The molecule has 0 aliphatic carbocycles. The average molecular weight is 555 g/mol. The maximum atomic E-state index is 13.8. The van der Waals surface area contributed by atoms with Crippen molar-refractivity contribution in [3.8, 4) is 0 Å². The predicted octanol–water partition coefficient (Wildman–Crippen LogP) is 2.97. The largest absolute Gasteiger partial charge is 0.379 e. The number of halogens is 2. The second kappa shape index (κ2) is 14.0. The van der Waals surface area contributed by atoms with E-state index in [0.29, 0.717) is 31.0 Å². The Bertz CT molecular complexity index is 890. The highest BCUT2D eigenvalue weighted by Gasteiger charge is 2.12. The van der Waals surface area contributed by atoms with Crippen molar-refractivity contribution in [2.24, 2.45) is 4.99 Å². The van der Waals surface area contributed by atoms with Gasteiger partial charge in [-0.25, -0.2) is 4.39 Å². The average Bonchev–Trinajstić information content (AvgIpc) is 2.80. The van der Waals surface area contributed by atoms with E-state index >= 15 is 0 Å². The van der Waals surface area contributed by atoms with E-state index in [4.69, 9.17) is 4.74 Å².